The van der Waals surface area contributed by atoms with E-state index < -0.39 is 22.0 Å². The van der Waals surface area contributed by atoms with Crippen molar-refractivity contribution >= 4 is 15.9 Å². The molecular formula is C14H23NO4S. The van der Waals surface area contributed by atoms with Crippen molar-refractivity contribution in [2.45, 2.75) is 58.6 Å². The van der Waals surface area contributed by atoms with Crippen LogP contribution in [-0.4, -0.2) is 41.6 Å². The Morgan fingerprint density at radius 3 is 2.65 bits per heavy atom. The molecule has 1 N–H and O–H groups in total. The van der Waals surface area contributed by atoms with E-state index in [-0.39, 0.29) is 29.0 Å². The molecule has 2 saturated carbocycles. The van der Waals surface area contributed by atoms with Gasteiger partial charge in [0.2, 0.25) is 15.9 Å². The number of amides is 1. The van der Waals surface area contributed by atoms with Crippen LogP contribution in [0.4, 0.5) is 0 Å². The lowest BCUT2D eigenvalue weighted by atomic mass is 9.69. The Morgan fingerprint density at radius 1 is 1.45 bits per heavy atom. The van der Waals surface area contributed by atoms with Crippen molar-refractivity contribution in [1.29, 1.82) is 0 Å². The number of sulfonamides is 1. The highest BCUT2D eigenvalue weighted by Crippen LogP contribution is 2.69. The van der Waals surface area contributed by atoms with E-state index in [1.54, 1.807) is 0 Å². The molecule has 1 aliphatic heterocycles. The first-order valence-corrected chi connectivity index (χ1v) is 8.96. The van der Waals surface area contributed by atoms with E-state index >= 15 is 0 Å². The summed E-state index contributed by atoms with van der Waals surface area (Å²) in [4.78, 5) is 12.3. The van der Waals surface area contributed by atoms with Gasteiger partial charge >= 0.3 is 0 Å². The Labute approximate surface area is 120 Å². The van der Waals surface area contributed by atoms with Crippen LogP contribution >= 0.6 is 0 Å². The molecule has 2 bridgehead atoms. The summed E-state index contributed by atoms with van der Waals surface area (Å²) in [5.41, 5.74) is -0.296. The SMILES string of the molecule is CC(O)[13CH2][13C](=O)N1[C@@H]2C[C@H]3CC[C@]2(CS1(=O)=O)C3(C)C. The van der Waals surface area contributed by atoms with Crippen LogP contribution in [-0.2, 0) is 14.8 Å². The molecule has 1 saturated heterocycles. The number of rotatable bonds is 2. The van der Waals surface area contributed by atoms with E-state index in [1.165, 1.54) is 6.92 Å². The smallest absolute Gasteiger partial charge is 0.238 e. The maximum atomic E-state index is 12.5. The molecule has 3 aliphatic rings. The van der Waals surface area contributed by atoms with Gasteiger partial charge in [0.1, 0.15) is 0 Å². The first-order valence-electron chi connectivity index (χ1n) is 7.35. The lowest BCUT2D eigenvalue weighted by Crippen LogP contribution is -2.44. The first-order chi connectivity index (χ1) is 9.12. The Bertz CT molecular complexity index is 554. The predicted octanol–water partition coefficient (Wildman–Crippen LogP) is 1.12. The van der Waals surface area contributed by atoms with Crippen LogP contribution in [0.2, 0.25) is 0 Å². The van der Waals surface area contributed by atoms with Gasteiger partial charge in [0.05, 0.1) is 24.3 Å². The second kappa shape index (κ2) is 3.97. The van der Waals surface area contributed by atoms with Crippen LogP contribution in [0.3, 0.4) is 0 Å². The van der Waals surface area contributed by atoms with Crippen molar-refractivity contribution in [3.63, 3.8) is 0 Å². The van der Waals surface area contributed by atoms with Crippen molar-refractivity contribution in [2.75, 3.05) is 5.75 Å². The zero-order chi connectivity index (χ0) is 14.9. The molecule has 1 spiro atoms. The third kappa shape index (κ3) is 1.58. The third-order valence-electron chi connectivity index (χ3n) is 6.13. The van der Waals surface area contributed by atoms with E-state index in [9.17, 15) is 18.3 Å². The minimum atomic E-state index is -3.53. The van der Waals surface area contributed by atoms with Gasteiger partial charge in [-0.05, 0) is 37.5 Å². The normalized spacial score (nSPS) is 41.7. The number of hydrogen-bond acceptors (Lipinski definition) is 4. The second-order valence-electron chi connectivity index (χ2n) is 7.36. The van der Waals surface area contributed by atoms with Gasteiger partial charge in [0, 0.05) is 5.41 Å². The highest BCUT2D eigenvalue weighted by molar-refractivity contribution is 7.90. The lowest BCUT2D eigenvalue weighted by molar-refractivity contribution is -0.130. The Morgan fingerprint density at radius 2 is 2.10 bits per heavy atom. The molecule has 6 heteroatoms. The Kier molecular flexibility index (Phi) is 2.85. The van der Waals surface area contributed by atoms with Crippen LogP contribution < -0.4 is 0 Å². The molecule has 3 rings (SSSR count). The van der Waals surface area contributed by atoms with Crippen LogP contribution in [0.15, 0.2) is 0 Å². The molecule has 5 nitrogen and oxygen atoms in total. The highest BCUT2D eigenvalue weighted by Gasteiger charge is 2.72. The fourth-order valence-corrected chi connectivity index (χ4v) is 7.52. The fourth-order valence-electron chi connectivity index (χ4n) is 4.96. The van der Waals surface area contributed by atoms with Gasteiger partial charge in [-0.25, -0.2) is 12.7 Å². The summed E-state index contributed by atoms with van der Waals surface area (Å²) in [5.74, 6) is 0.162. The van der Waals surface area contributed by atoms with Gasteiger partial charge < -0.3 is 5.11 Å². The fraction of sp³-hybridized carbons (Fsp3) is 0.929. The van der Waals surface area contributed by atoms with Gasteiger partial charge in [0.15, 0.2) is 0 Å². The van der Waals surface area contributed by atoms with E-state index in [2.05, 4.69) is 13.8 Å². The molecule has 1 unspecified atom stereocenters. The van der Waals surface area contributed by atoms with E-state index in [0.717, 1.165) is 23.6 Å². The first kappa shape index (κ1) is 14.3. The van der Waals surface area contributed by atoms with E-state index in [0.29, 0.717) is 5.92 Å². The topological polar surface area (TPSA) is 74.7 Å². The minimum Gasteiger partial charge on any atom is -0.393 e. The quantitative estimate of drug-likeness (QED) is 0.776. The summed E-state index contributed by atoms with van der Waals surface area (Å²) >= 11 is 0. The number of aliphatic hydroxyl groups is 1. The van der Waals surface area contributed by atoms with Crippen molar-refractivity contribution in [3.05, 3.63) is 0 Å². The van der Waals surface area contributed by atoms with E-state index in [4.69, 9.17) is 0 Å². The zero-order valence-electron chi connectivity index (χ0n) is 12.3. The summed E-state index contributed by atoms with van der Waals surface area (Å²) in [7, 11) is -3.53. The highest BCUT2D eigenvalue weighted by atomic mass is 32.2. The summed E-state index contributed by atoms with van der Waals surface area (Å²) in [6.07, 6.45) is 1.83. The average molecular weight is 303 g/mol. The van der Waals surface area contributed by atoms with Gasteiger partial charge in [-0.1, -0.05) is 13.8 Å². The Balaban J connectivity index is 2.00. The van der Waals surface area contributed by atoms with Crippen LogP contribution in [0.1, 0.15) is 46.5 Å². The molecular weight excluding hydrogens is 280 g/mol. The number of hydrogen-bond donors (Lipinski definition) is 1. The summed E-state index contributed by atoms with van der Waals surface area (Å²) in [6.45, 7) is 5.83. The monoisotopic (exact) mass is 303 g/mol. The van der Waals surface area contributed by atoms with Crippen molar-refractivity contribution < 1.29 is 18.3 Å². The van der Waals surface area contributed by atoms with E-state index in [1.807, 2.05) is 0 Å². The molecule has 4 atom stereocenters. The Hall–Kier alpha value is -0.620. The number of fused-ring (bicyclic) bond motifs is 1. The largest absolute Gasteiger partial charge is 0.393 e. The summed E-state index contributed by atoms with van der Waals surface area (Å²) < 4.78 is 26.1. The lowest BCUT2D eigenvalue weighted by Gasteiger charge is -2.37. The van der Waals surface area contributed by atoms with Crippen molar-refractivity contribution in [3.8, 4) is 0 Å². The van der Waals surface area contributed by atoms with Crippen LogP contribution in [0.5, 0.6) is 0 Å². The molecule has 0 aromatic rings. The average Bonchev–Trinajstić information content (AvgIpc) is 2.73. The summed E-state index contributed by atoms with van der Waals surface area (Å²) in [6, 6.07) is -0.188. The molecule has 2 aliphatic carbocycles. The third-order valence-corrected chi connectivity index (χ3v) is 8.06. The number of carbonyl (C=O) groups excluding carboxylic acids is 1. The van der Waals surface area contributed by atoms with Gasteiger partial charge in [-0.2, -0.15) is 0 Å². The van der Waals surface area contributed by atoms with Crippen molar-refractivity contribution in [1.82, 2.24) is 4.31 Å². The van der Waals surface area contributed by atoms with Gasteiger partial charge in [-0.3, -0.25) is 4.79 Å². The molecule has 1 amide bonds. The minimum absolute atomic E-state index is 0.0232. The number of carbonyl (C=O) groups is 1. The summed E-state index contributed by atoms with van der Waals surface area (Å²) in [5, 5.41) is 9.38. The second-order valence-corrected chi connectivity index (χ2v) is 9.21. The molecule has 20 heavy (non-hydrogen) atoms. The predicted molar refractivity (Wildman–Crippen MR) is 74.3 cm³/mol. The zero-order valence-corrected chi connectivity index (χ0v) is 13.1. The molecule has 1 heterocycles. The maximum absolute atomic E-state index is 12.5. The van der Waals surface area contributed by atoms with Crippen LogP contribution in [0.25, 0.3) is 0 Å². The van der Waals surface area contributed by atoms with Gasteiger partial charge in [0.25, 0.3) is 0 Å². The van der Waals surface area contributed by atoms with Gasteiger partial charge in [-0.15, -0.1) is 0 Å². The molecule has 0 aromatic heterocycles. The molecule has 114 valence electrons. The molecule has 0 aromatic carbocycles. The van der Waals surface area contributed by atoms with Crippen LogP contribution in [0, 0.1) is 16.7 Å². The molecule has 0 radical (unpaired) electrons. The number of aliphatic hydroxyl groups excluding tert-OH is 1. The maximum Gasteiger partial charge on any atom is 0.238 e. The molecule has 3 fully saturated rings. The van der Waals surface area contributed by atoms with Crippen molar-refractivity contribution in [2.24, 2.45) is 16.7 Å². The number of nitrogens with zero attached hydrogens (tertiary/aromatic N) is 1. The standard InChI is InChI=1S/C14H23NO4S/c1-9(16)6-12(17)15-11-7-10-4-5-14(11,13(10,2)3)8-20(15,18)19/h9-11,16H,4-8H2,1-3H3/t9?,10-,11-,14-/m1/s1/i6+1,12+1.